The summed E-state index contributed by atoms with van der Waals surface area (Å²) in [6.07, 6.45) is 1.84. The maximum Gasteiger partial charge on any atom is 0.191 e. The van der Waals surface area contributed by atoms with E-state index in [2.05, 4.69) is 36.3 Å². The number of aliphatic imine (C=N–C) groups is 1. The fourth-order valence-corrected chi connectivity index (χ4v) is 3.56. The Morgan fingerprint density at radius 2 is 2.03 bits per heavy atom. The highest BCUT2D eigenvalue weighted by molar-refractivity contribution is 5.79. The largest absolute Gasteiger partial charge is 0.508 e. The molecule has 7 heteroatoms. The van der Waals surface area contributed by atoms with Crippen LogP contribution in [0.3, 0.4) is 0 Å². The molecule has 164 valence electrons. The van der Waals surface area contributed by atoms with Crippen molar-refractivity contribution in [3.05, 3.63) is 23.8 Å². The van der Waals surface area contributed by atoms with Gasteiger partial charge in [0.25, 0.3) is 0 Å². The fourth-order valence-electron chi connectivity index (χ4n) is 3.56. The summed E-state index contributed by atoms with van der Waals surface area (Å²) in [6.45, 7) is 12.4. The third kappa shape index (κ3) is 8.11. The van der Waals surface area contributed by atoms with Gasteiger partial charge < -0.3 is 25.2 Å². The molecular formula is C22H38N4O3. The second-order valence-electron chi connectivity index (χ2n) is 7.82. The number of methoxy groups -OCH3 is 1. The van der Waals surface area contributed by atoms with E-state index in [-0.39, 0.29) is 5.75 Å². The molecule has 0 aromatic heterocycles. The summed E-state index contributed by atoms with van der Waals surface area (Å²) in [7, 11) is 1.60. The minimum Gasteiger partial charge on any atom is -0.508 e. The van der Waals surface area contributed by atoms with E-state index in [1.807, 2.05) is 12.1 Å². The third-order valence-electron chi connectivity index (χ3n) is 5.09. The highest BCUT2D eigenvalue weighted by atomic mass is 16.5. The molecule has 1 aliphatic rings. The van der Waals surface area contributed by atoms with Gasteiger partial charge in [0.15, 0.2) is 5.96 Å². The first kappa shape index (κ1) is 23.3. The maximum atomic E-state index is 10.1. The zero-order valence-corrected chi connectivity index (χ0v) is 18.4. The molecule has 2 rings (SSSR count). The molecule has 1 aliphatic heterocycles. The topological polar surface area (TPSA) is 78.4 Å². The van der Waals surface area contributed by atoms with E-state index in [1.54, 1.807) is 13.2 Å². The lowest BCUT2D eigenvalue weighted by atomic mass is 10.0. The molecule has 1 heterocycles. The van der Waals surface area contributed by atoms with E-state index in [9.17, 15) is 5.11 Å². The van der Waals surface area contributed by atoms with Crippen LogP contribution in [0.5, 0.6) is 11.5 Å². The first-order chi connectivity index (χ1) is 14.0. The lowest BCUT2D eigenvalue weighted by Crippen LogP contribution is -2.46. The Hall–Kier alpha value is -1.99. The van der Waals surface area contributed by atoms with Gasteiger partial charge in [0.2, 0.25) is 0 Å². The van der Waals surface area contributed by atoms with Crippen LogP contribution in [-0.4, -0.2) is 75.1 Å². The average Bonchev–Trinajstić information content (AvgIpc) is 2.72. The van der Waals surface area contributed by atoms with E-state index in [0.29, 0.717) is 30.7 Å². The van der Waals surface area contributed by atoms with Gasteiger partial charge in [-0.25, -0.2) is 0 Å². The van der Waals surface area contributed by atoms with Gasteiger partial charge in [-0.05, 0) is 37.3 Å². The van der Waals surface area contributed by atoms with Crippen molar-refractivity contribution in [2.75, 3.05) is 53.0 Å². The van der Waals surface area contributed by atoms with Crippen LogP contribution in [0.1, 0.15) is 32.8 Å². The van der Waals surface area contributed by atoms with Crippen LogP contribution in [-0.2, 0) is 11.2 Å². The molecule has 1 aromatic carbocycles. The summed E-state index contributed by atoms with van der Waals surface area (Å²) in [5.41, 5.74) is 0.889. The molecule has 0 bridgehead atoms. The minimum absolute atomic E-state index is 0.261. The summed E-state index contributed by atoms with van der Waals surface area (Å²) in [5, 5.41) is 16.8. The molecule has 3 N–H and O–H groups in total. The zero-order valence-electron chi connectivity index (χ0n) is 18.4. The molecule has 0 saturated carbocycles. The second-order valence-corrected chi connectivity index (χ2v) is 7.82. The molecule has 1 fully saturated rings. The number of phenols is 1. The Kier molecular flexibility index (Phi) is 10.1. The predicted molar refractivity (Wildman–Crippen MR) is 118 cm³/mol. The van der Waals surface area contributed by atoms with Crippen molar-refractivity contribution in [1.29, 1.82) is 0 Å². The molecule has 0 spiro atoms. The normalized spacial score (nSPS) is 16.7. The fraction of sp³-hybridized carbons (Fsp3) is 0.682. The number of rotatable bonds is 10. The number of aromatic hydroxyl groups is 1. The quantitative estimate of drug-likeness (QED) is 0.409. The van der Waals surface area contributed by atoms with E-state index < -0.39 is 0 Å². The number of nitrogens with one attached hydrogen (secondary N) is 2. The van der Waals surface area contributed by atoms with Gasteiger partial charge in [0.05, 0.1) is 26.9 Å². The lowest BCUT2D eigenvalue weighted by Gasteiger charge is -2.34. The van der Waals surface area contributed by atoms with E-state index >= 15 is 0 Å². The summed E-state index contributed by atoms with van der Waals surface area (Å²) >= 11 is 0. The van der Waals surface area contributed by atoms with Crippen LogP contribution in [0.15, 0.2) is 23.2 Å². The molecule has 0 amide bonds. The van der Waals surface area contributed by atoms with Crippen LogP contribution in [0.2, 0.25) is 0 Å². The molecule has 0 radical (unpaired) electrons. The Morgan fingerprint density at radius 3 is 2.66 bits per heavy atom. The molecule has 1 saturated heterocycles. The standard InChI is InChI=1S/C22H38N4O3/c1-5-23-22(24-9-8-18-6-7-20(28-4)15-21(18)27)25-16-19(14-17(2)3)26-10-12-29-13-11-26/h6-7,15,17,19,27H,5,8-14,16H2,1-4H3,(H2,23,24,25). The number of phenolic OH excluding ortho intramolecular Hbond substituents is 1. The van der Waals surface area contributed by atoms with Crippen LogP contribution in [0.4, 0.5) is 0 Å². The Morgan fingerprint density at radius 1 is 1.28 bits per heavy atom. The van der Waals surface area contributed by atoms with Crippen molar-refractivity contribution in [2.45, 2.75) is 39.7 Å². The SMILES string of the molecule is CCNC(=NCC(CC(C)C)N1CCOCC1)NCCc1ccc(OC)cc1O. The van der Waals surface area contributed by atoms with Gasteiger partial charge in [-0.2, -0.15) is 0 Å². The van der Waals surface area contributed by atoms with Crippen molar-refractivity contribution >= 4 is 5.96 Å². The number of hydrogen-bond acceptors (Lipinski definition) is 5. The summed E-state index contributed by atoms with van der Waals surface area (Å²) in [5.74, 6) is 2.37. The van der Waals surface area contributed by atoms with Crippen molar-refractivity contribution in [2.24, 2.45) is 10.9 Å². The van der Waals surface area contributed by atoms with Crippen LogP contribution in [0.25, 0.3) is 0 Å². The van der Waals surface area contributed by atoms with Crippen molar-refractivity contribution < 1.29 is 14.6 Å². The Balaban J connectivity index is 1.92. The van der Waals surface area contributed by atoms with Crippen molar-refractivity contribution in [3.63, 3.8) is 0 Å². The van der Waals surface area contributed by atoms with Crippen LogP contribution < -0.4 is 15.4 Å². The smallest absolute Gasteiger partial charge is 0.191 e. The van der Waals surface area contributed by atoms with Gasteiger partial charge in [0.1, 0.15) is 11.5 Å². The van der Waals surface area contributed by atoms with Crippen molar-refractivity contribution in [1.82, 2.24) is 15.5 Å². The van der Waals surface area contributed by atoms with Gasteiger partial charge in [0, 0.05) is 38.3 Å². The lowest BCUT2D eigenvalue weighted by molar-refractivity contribution is 0.0143. The molecular weight excluding hydrogens is 368 g/mol. The average molecular weight is 407 g/mol. The van der Waals surface area contributed by atoms with E-state index in [1.165, 1.54) is 0 Å². The molecule has 29 heavy (non-hydrogen) atoms. The van der Waals surface area contributed by atoms with Gasteiger partial charge in [-0.15, -0.1) is 0 Å². The van der Waals surface area contributed by atoms with Gasteiger partial charge in [-0.1, -0.05) is 19.9 Å². The number of nitrogens with zero attached hydrogens (tertiary/aromatic N) is 2. The number of guanidine groups is 1. The van der Waals surface area contributed by atoms with E-state index in [0.717, 1.165) is 57.3 Å². The maximum absolute atomic E-state index is 10.1. The third-order valence-corrected chi connectivity index (χ3v) is 5.09. The zero-order chi connectivity index (χ0) is 21.1. The number of ether oxygens (including phenoxy) is 2. The second kappa shape index (κ2) is 12.5. The molecule has 0 aliphatic carbocycles. The summed E-state index contributed by atoms with van der Waals surface area (Å²) < 4.78 is 10.6. The Bertz CT molecular complexity index is 630. The minimum atomic E-state index is 0.261. The van der Waals surface area contributed by atoms with Crippen molar-refractivity contribution in [3.8, 4) is 11.5 Å². The van der Waals surface area contributed by atoms with Gasteiger partial charge >= 0.3 is 0 Å². The van der Waals surface area contributed by atoms with E-state index in [4.69, 9.17) is 14.5 Å². The highest BCUT2D eigenvalue weighted by Crippen LogP contribution is 2.23. The number of hydrogen-bond donors (Lipinski definition) is 3. The molecule has 7 nitrogen and oxygen atoms in total. The van der Waals surface area contributed by atoms with Crippen LogP contribution in [0, 0.1) is 5.92 Å². The first-order valence-electron chi connectivity index (χ1n) is 10.7. The molecule has 1 atom stereocenters. The monoisotopic (exact) mass is 406 g/mol. The summed E-state index contributed by atoms with van der Waals surface area (Å²) in [4.78, 5) is 7.36. The molecule has 1 aromatic rings. The predicted octanol–water partition coefficient (Wildman–Crippen LogP) is 2.25. The van der Waals surface area contributed by atoms with Crippen LogP contribution >= 0.6 is 0 Å². The number of benzene rings is 1. The first-order valence-corrected chi connectivity index (χ1v) is 10.7. The Labute approximate surface area is 175 Å². The summed E-state index contributed by atoms with van der Waals surface area (Å²) in [6, 6.07) is 5.84. The number of morpholine rings is 1. The molecule has 1 unspecified atom stereocenters. The van der Waals surface area contributed by atoms with Gasteiger partial charge in [-0.3, -0.25) is 9.89 Å². The highest BCUT2D eigenvalue weighted by Gasteiger charge is 2.21.